The highest BCUT2D eigenvalue weighted by molar-refractivity contribution is 5.99. The van der Waals surface area contributed by atoms with E-state index < -0.39 is 5.91 Å². The van der Waals surface area contributed by atoms with Gasteiger partial charge in [0.25, 0.3) is 5.91 Å². The number of rotatable bonds is 9. The van der Waals surface area contributed by atoms with E-state index in [0.717, 1.165) is 43.1 Å². The molecule has 0 radical (unpaired) electrons. The first kappa shape index (κ1) is 22.1. The Bertz CT molecular complexity index is 1140. The van der Waals surface area contributed by atoms with Gasteiger partial charge in [0.15, 0.2) is 11.5 Å². The highest BCUT2D eigenvalue weighted by Crippen LogP contribution is 2.52. The molecule has 1 aromatic carbocycles. The van der Waals surface area contributed by atoms with Crippen LogP contribution in [-0.2, 0) is 4.79 Å². The fraction of sp³-hybridized carbons (Fsp3) is 0.417. The lowest BCUT2D eigenvalue weighted by Crippen LogP contribution is -2.35. The molecule has 3 atom stereocenters. The van der Waals surface area contributed by atoms with Gasteiger partial charge < -0.3 is 26.1 Å². The molecule has 1 aromatic heterocycles. The largest absolute Gasteiger partial charge is 0.494 e. The van der Waals surface area contributed by atoms with Crippen LogP contribution in [0.4, 0.5) is 17.2 Å². The molecule has 6 N–H and O–H groups in total. The monoisotopic (exact) mass is 463 g/mol. The Morgan fingerprint density at radius 1 is 1.15 bits per heavy atom. The summed E-state index contributed by atoms with van der Waals surface area (Å²) >= 11 is 0. The van der Waals surface area contributed by atoms with Crippen molar-refractivity contribution < 1.29 is 14.3 Å². The Hall–Kier alpha value is -3.66. The summed E-state index contributed by atoms with van der Waals surface area (Å²) < 4.78 is 5.67. The number of hydrazine groups is 1. The average molecular weight is 464 g/mol. The Morgan fingerprint density at radius 2 is 1.91 bits per heavy atom. The summed E-state index contributed by atoms with van der Waals surface area (Å²) in [4.78, 5) is 24.1. The normalized spacial score (nSPS) is 22.8. The highest BCUT2D eigenvalue weighted by Gasteiger charge is 2.46. The summed E-state index contributed by atoms with van der Waals surface area (Å²) in [7, 11) is 1.57. The van der Waals surface area contributed by atoms with Crippen LogP contribution in [0.25, 0.3) is 6.08 Å². The minimum Gasteiger partial charge on any atom is -0.494 e. The van der Waals surface area contributed by atoms with E-state index in [-0.39, 0.29) is 23.3 Å². The summed E-state index contributed by atoms with van der Waals surface area (Å²) in [5.74, 6) is 7.95. The van der Waals surface area contributed by atoms with Crippen LogP contribution in [0.1, 0.15) is 48.2 Å². The van der Waals surface area contributed by atoms with Gasteiger partial charge in [-0.05, 0) is 56.1 Å². The quantitative estimate of drug-likeness (QED) is 0.328. The molecule has 0 aliphatic heterocycles. The maximum atomic E-state index is 12.1. The summed E-state index contributed by atoms with van der Waals surface area (Å²) in [6, 6.07) is 7.51. The van der Waals surface area contributed by atoms with E-state index in [0.29, 0.717) is 23.2 Å². The number of nitrogens with one attached hydrogen (secondary N) is 2. The number of primary amides is 1. The number of benzene rings is 1. The molecule has 0 spiro atoms. The van der Waals surface area contributed by atoms with Gasteiger partial charge in [0.05, 0.1) is 18.5 Å². The van der Waals surface area contributed by atoms with E-state index in [1.54, 1.807) is 18.2 Å². The Labute approximate surface area is 197 Å². The van der Waals surface area contributed by atoms with Gasteiger partial charge in [0, 0.05) is 29.8 Å². The minimum absolute atomic E-state index is 0.00900. The molecule has 1 unspecified atom stereocenters. The third-order valence-corrected chi connectivity index (χ3v) is 6.81. The van der Waals surface area contributed by atoms with Gasteiger partial charge in [-0.2, -0.15) is 0 Å². The number of methoxy groups -OCH3 is 1. The smallest absolute Gasteiger partial charge is 0.271 e. The van der Waals surface area contributed by atoms with Crippen LogP contribution in [0.5, 0.6) is 5.75 Å². The SMILES string of the molecule is COc1c(/C=C/N(N)C2C[C@@H]3C[C@@H]3C2)cccc1Nc1cc(NC(=O)C2CC2)nnc1C(N)=O. The second-order valence-electron chi connectivity index (χ2n) is 9.32. The van der Waals surface area contributed by atoms with E-state index in [2.05, 4.69) is 20.8 Å². The minimum atomic E-state index is -0.738. The Morgan fingerprint density at radius 3 is 2.59 bits per heavy atom. The van der Waals surface area contributed by atoms with Crippen molar-refractivity contribution >= 4 is 35.1 Å². The van der Waals surface area contributed by atoms with E-state index in [9.17, 15) is 9.59 Å². The van der Waals surface area contributed by atoms with Crippen molar-refractivity contribution in [2.75, 3.05) is 17.7 Å². The summed E-state index contributed by atoms with van der Waals surface area (Å²) in [5.41, 5.74) is 7.20. The molecule has 5 rings (SSSR count). The van der Waals surface area contributed by atoms with Crippen LogP contribution in [0, 0.1) is 17.8 Å². The van der Waals surface area contributed by atoms with Gasteiger partial charge in [-0.1, -0.05) is 12.1 Å². The number of para-hydroxylation sites is 1. The van der Waals surface area contributed by atoms with Crippen molar-refractivity contribution in [2.24, 2.45) is 29.3 Å². The molecule has 3 aliphatic carbocycles. The maximum Gasteiger partial charge on any atom is 0.271 e. The summed E-state index contributed by atoms with van der Waals surface area (Å²) in [6.07, 6.45) is 9.16. The van der Waals surface area contributed by atoms with Crippen LogP contribution in [0.2, 0.25) is 0 Å². The summed E-state index contributed by atoms with van der Waals surface area (Å²) in [5, 5.41) is 15.5. The zero-order valence-corrected chi connectivity index (χ0v) is 19.0. The van der Waals surface area contributed by atoms with Crippen LogP contribution in [0.15, 0.2) is 30.5 Å². The second kappa shape index (κ2) is 8.94. The average Bonchev–Trinajstić information content (AvgIpc) is 3.75. The molecular formula is C24H29N7O3. The Kier molecular flexibility index (Phi) is 5.82. The van der Waals surface area contributed by atoms with Gasteiger partial charge in [0.2, 0.25) is 5.91 Å². The van der Waals surface area contributed by atoms with Crippen molar-refractivity contribution in [1.82, 2.24) is 15.2 Å². The lowest BCUT2D eigenvalue weighted by atomic mass is 10.1. The number of anilines is 3. The number of nitrogens with two attached hydrogens (primary N) is 2. The van der Waals surface area contributed by atoms with Gasteiger partial charge in [-0.25, -0.2) is 5.84 Å². The molecule has 1 heterocycles. The van der Waals surface area contributed by atoms with Crippen molar-refractivity contribution in [1.29, 1.82) is 0 Å². The van der Waals surface area contributed by atoms with Gasteiger partial charge in [-0.3, -0.25) is 9.59 Å². The van der Waals surface area contributed by atoms with Crippen LogP contribution in [0.3, 0.4) is 0 Å². The topological polar surface area (TPSA) is 148 Å². The van der Waals surface area contributed by atoms with Crippen molar-refractivity contribution in [3.8, 4) is 5.75 Å². The molecule has 2 amide bonds. The third-order valence-electron chi connectivity index (χ3n) is 6.81. The van der Waals surface area contributed by atoms with Gasteiger partial charge >= 0.3 is 0 Å². The number of hydrogen-bond donors (Lipinski definition) is 4. The molecule has 10 nitrogen and oxygen atoms in total. The number of fused-ring (bicyclic) bond motifs is 1. The third kappa shape index (κ3) is 4.67. The molecule has 3 fully saturated rings. The van der Waals surface area contributed by atoms with E-state index >= 15 is 0 Å². The second-order valence-corrected chi connectivity index (χ2v) is 9.32. The maximum absolute atomic E-state index is 12.1. The van der Waals surface area contributed by atoms with Gasteiger partial charge in [-0.15, -0.1) is 10.2 Å². The van der Waals surface area contributed by atoms with Crippen LogP contribution < -0.4 is 26.9 Å². The summed E-state index contributed by atoms with van der Waals surface area (Å²) in [6.45, 7) is 0. The number of hydrogen-bond acceptors (Lipinski definition) is 8. The first-order chi connectivity index (χ1) is 16.4. The first-order valence-corrected chi connectivity index (χ1v) is 11.6. The first-order valence-electron chi connectivity index (χ1n) is 11.6. The molecule has 34 heavy (non-hydrogen) atoms. The van der Waals surface area contributed by atoms with Crippen LogP contribution in [-0.4, -0.2) is 40.2 Å². The molecule has 0 saturated heterocycles. The highest BCUT2D eigenvalue weighted by atomic mass is 16.5. The molecular weight excluding hydrogens is 434 g/mol. The molecule has 3 aliphatic rings. The van der Waals surface area contributed by atoms with Crippen molar-refractivity contribution in [3.05, 3.63) is 41.7 Å². The number of amides is 2. The van der Waals surface area contributed by atoms with Crippen molar-refractivity contribution in [2.45, 2.75) is 38.1 Å². The predicted octanol–water partition coefficient (Wildman–Crippen LogP) is 2.62. The molecule has 2 aromatic rings. The molecule has 178 valence electrons. The van der Waals surface area contributed by atoms with E-state index in [1.165, 1.54) is 6.42 Å². The molecule has 0 bridgehead atoms. The Balaban J connectivity index is 1.37. The predicted molar refractivity (Wildman–Crippen MR) is 128 cm³/mol. The number of aromatic nitrogens is 2. The number of ether oxygens (including phenoxy) is 1. The molecule has 3 saturated carbocycles. The fourth-order valence-corrected chi connectivity index (χ4v) is 4.68. The number of carbonyl (C=O) groups excluding carboxylic acids is 2. The van der Waals surface area contributed by atoms with Gasteiger partial charge in [0.1, 0.15) is 5.75 Å². The lowest BCUT2D eigenvalue weighted by molar-refractivity contribution is -0.117. The number of nitrogens with zero attached hydrogens (tertiary/aromatic N) is 3. The lowest BCUT2D eigenvalue weighted by Gasteiger charge is -2.23. The van der Waals surface area contributed by atoms with E-state index in [4.69, 9.17) is 16.3 Å². The standard InChI is InChI=1S/C24H29N7O3/c1-34-22-13(7-8-31(26)17-10-15-9-16(15)11-17)3-2-4-18(22)27-19-12-20(28-24(33)14-5-6-14)29-30-21(19)23(25)32/h2-4,7-8,12,14-17H,5-6,9-11,26H2,1H3,(H2,25,32)(H2,27,28,29,33)/b8-7+/t15-,16+,17?. The fourth-order valence-electron chi connectivity index (χ4n) is 4.68. The van der Waals surface area contributed by atoms with Crippen LogP contribution >= 0.6 is 0 Å². The van der Waals surface area contributed by atoms with Crippen molar-refractivity contribution in [3.63, 3.8) is 0 Å². The zero-order chi connectivity index (χ0) is 23.8. The van der Waals surface area contributed by atoms with E-state index in [1.807, 2.05) is 30.5 Å². The number of carbonyl (C=O) groups is 2. The molecule has 10 heteroatoms. The zero-order valence-electron chi connectivity index (χ0n) is 19.0.